The highest BCUT2D eigenvalue weighted by molar-refractivity contribution is 6.08. The van der Waals surface area contributed by atoms with Crippen molar-refractivity contribution < 1.29 is 37.2 Å². The third kappa shape index (κ3) is 8.77. The van der Waals surface area contributed by atoms with Crippen LogP contribution in [0.5, 0.6) is 5.88 Å². The zero-order valence-electron chi connectivity index (χ0n) is 24.3. The largest absolute Gasteiger partial charge is 0.475 e. The number of fused-ring (bicyclic) bond motifs is 3. The number of benzene rings is 2. The van der Waals surface area contributed by atoms with Crippen molar-refractivity contribution in [2.45, 2.75) is 6.61 Å². The van der Waals surface area contributed by atoms with Crippen LogP contribution in [-0.2, 0) is 30.3 Å². The van der Waals surface area contributed by atoms with Crippen LogP contribution in [0.4, 0.5) is 8.78 Å². The molecule has 0 aliphatic carbocycles. The molecule has 3 heterocycles. The van der Waals surface area contributed by atoms with Gasteiger partial charge in [-0.15, -0.1) is 0 Å². The number of ether oxygens (including phenoxy) is 6. The van der Waals surface area contributed by atoms with Crippen LogP contribution >= 0.6 is 0 Å². The van der Waals surface area contributed by atoms with Gasteiger partial charge < -0.3 is 33.4 Å². The molecule has 0 radical (unpaired) electrons. The first-order valence-electron chi connectivity index (χ1n) is 14.5. The van der Waals surface area contributed by atoms with Crippen LogP contribution in [0.1, 0.15) is 5.56 Å². The lowest BCUT2D eigenvalue weighted by molar-refractivity contribution is -0.0140. The minimum absolute atomic E-state index is 0.107. The zero-order valence-corrected chi connectivity index (χ0v) is 24.3. The van der Waals surface area contributed by atoms with Crippen molar-refractivity contribution in [3.63, 3.8) is 0 Å². The molecule has 0 unspecified atom stereocenters. The number of hydrogen-bond donors (Lipinski definition) is 1. The Morgan fingerprint density at radius 3 is 1.95 bits per heavy atom. The molecular formula is C33H35F2N3O6. The number of pyridine rings is 2. The van der Waals surface area contributed by atoms with E-state index in [2.05, 4.69) is 15.0 Å². The molecule has 0 atom stereocenters. The van der Waals surface area contributed by atoms with E-state index in [1.807, 2.05) is 30.3 Å². The zero-order chi connectivity index (χ0) is 30.4. The molecule has 232 valence electrons. The Balaban J connectivity index is 0.887. The smallest absolute Gasteiger partial charge is 0.213 e. The molecule has 2 aromatic carbocycles. The average Bonchev–Trinajstić information content (AvgIpc) is 3.44. The molecule has 5 aromatic rings. The number of hydrogen-bond acceptors (Lipinski definition) is 8. The number of aromatic nitrogens is 3. The Morgan fingerprint density at radius 1 is 0.636 bits per heavy atom. The predicted octanol–water partition coefficient (Wildman–Crippen LogP) is 5.72. The van der Waals surface area contributed by atoms with Crippen molar-refractivity contribution >= 4 is 21.8 Å². The fourth-order valence-electron chi connectivity index (χ4n) is 4.52. The van der Waals surface area contributed by atoms with E-state index in [1.165, 1.54) is 12.4 Å². The summed E-state index contributed by atoms with van der Waals surface area (Å²) >= 11 is 0. The highest BCUT2D eigenvalue weighted by atomic mass is 19.2. The summed E-state index contributed by atoms with van der Waals surface area (Å²) in [6.45, 7) is 5.06. The lowest BCUT2D eigenvalue weighted by Crippen LogP contribution is -2.14. The molecule has 0 saturated carbocycles. The van der Waals surface area contributed by atoms with Gasteiger partial charge in [-0.1, -0.05) is 30.3 Å². The maximum Gasteiger partial charge on any atom is 0.213 e. The van der Waals surface area contributed by atoms with E-state index in [9.17, 15) is 8.78 Å². The van der Waals surface area contributed by atoms with Crippen molar-refractivity contribution in [3.8, 4) is 17.0 Å². The first-order chi connectivity index (χ1) is 21.7. The molecule has 0 amide bonds. The highest BCUT2D eigenvalue weighted by Crippen LogP contribution is 2.34. The van der Waals surface area contributed by atoms with Crippen LogP contribution < -0.4 is 4.74 Å². The summed E-state index contributed by atoms with van der Waals surface area (Å²) in [5.41, 5.74) is 2.85. The minimum Gasteiger partial charge on any atom is -0.475 e. The molecule has 9 nitrogen and oxygen atoms in total. The van der Waals surface area contributed by atoms with Crippen LogP contribution in [0.2, 0.25) is 0 Å². The Kier molecular flexibility index (Phi) is 12.0. The summed E-state index contributed by atoms with van der Waals surface area (Å²) in [5, 5.41) is 0.711. The number of nitrogens with one attached hydrogen (secondary N) is 1. The van der Waals surface area contributed by atoms with Crippen molar-refractivity contribution in [1.82, 2.24) is 15.0 Å². The molecule has 0 spiro atoms. The summed E-state index contributed by atoms with van der Waals surface area (Å²) in [5.74, 6) is -1.51. The second kappa shape index (κ2) is 16.7. The molecular weight excluding hydrogens is 572 g/mol. The second-order valence-corrected chi connectivity index (χ2v) is 9.74. The first kappa shape index (κ1) is 31.4. The van der Waals surface area contributed by atoms with Crippen LogP contribution in [0.25, 0.3) is 32.9 Å². The molecule has 0 bridgehead atoms. The molecule has 0 aliphatic rings. The van der Waals surface area contributed by atoms with Gasteiger partial charge in [0.05, 0.1) is 71.6 Å². The van der Waals surface area contributed by atoms with Crippen LogP contribution in [0.3, 0.4) is 0 Å². The average molecular weight is 608 g/mol. The second-order valence-electron chi connectivity index (χ2n) is 9.74. The van der Waals surface area contributed by atoms with Gasteiger partial charge in [0.1, 0.15) is 6.61 Å². The van der Waals surface area contributed by atoms with E-state index in [0.717, 1.165) is 5.56 Å². The summed E-state index contributed by atoms with van der Waals surface area (Å²) < 4.78 is 63.1. The summed E-state index contributed by atoms with van der Waals surface area (Å²) in [4.78, 5) is 11.4. The number of rotatable bonds is 19. The summed E-state index contributed by atoms with van der Waals surface area (Å²) in [7, 11) is 0. The highest BCUT2D eigenvalue weighted by Gasteiger charge is 2.19. The van der Waals surface area contributed by atoms with E-state index < -0.39 is 11.6 Å². The van der Waals surface area contributed by atoms with Crippen LogP contribution in [0.15, 0.2) is 73.2 Å². The third-order valence-corrected chi connectivity index (χ3v) is 6.69. The molecule has 11 heteroatoms. The molecule has 0 saturated heterocycles. The Bertz CT molecular complexity index is 1580. The molecule has 3 aromatic heterocycles. The normalized spacial score (nSPS) is 11.5. The monoisotopic (exact) mass is 607 g/mol. The number of halogens is 2. The first-order valence-corrected chi connectivity index (χ1v) is 14.5. The Morgan fingerprint density at radius 2 is 1.30 bits per heavy atom. The summed E-state index contributed by atoms with van der Waals surface area (Å²) in [6, 6.07) is 16.6. The molecule has 1 N–H and O–H groups in total. The molecule has 5 rings (SSSR count). The fourth-order valence-corrected chi connectivity index (χ4v) is 4.52. The van der Waals surface area contributed by atoms with Gasteiger partial charge in [-0.25, -0.2) is 13.8 Å². The minimum atomic E-state index is -0.940. The topological polar surface area (TPSA) is 97.0 Å². The number of H-pyrrole nitrogens is 1. The van der Waals surface area contributed by atoms with Gasteiger partial charge in [0.2, 0.25) is 5.88 Å². The van der Waals surface area contributed by atoms with E-state index >= 15 is 0 Å². The van der Waals surface area contributed by atoms with E-state index in [4.69, 9.17) is 28.4 Å². The van der Waals surface area contributed by atoms with Gasteiger partial charge in [0, 0.05) is 52.1 Å². The lowest BCUT2D eigenvalue weighted by Gasteiger charge is -2.09. The van der Waals surface area contributed by atoms with E-state index in [-0.39, 0.29) is 17.6 Å². The maximum atomic E-state index is 15.0. The van der Waals surface area contributed by atoms with Crippen molar-refractivity contribution in [2.24, 2.45) is 0 Å². The summed E-state index contributed by atoms with van der Waals surface area (Å²) in [6.07, 6.45) is 4.56. The van der Waals surface area contributed by atoms with Gasteiger partial charge in [-0.3, -0.25) is 4.98 Å². The van der Waals surface area contributed by atoms with Gasteiger partial charge in [-0.05, 0) is 23.8 Å². The van der Waals surface area contributed by atoms with Crippen LogP contribution in [0, 0.1) is 11.6 Å². The maximum absolute atomic E-state index is 15.0. The van der Waals surface area contributed by atoms with Gasteiger partial charge in [0.25, 0.3) is 0 Å². The fraction of sp³-hybridized carbons (Fsp3) is 0.333. The van der Waals surface area contributed by atoms with Crippen molar-refractivity contribution in [2.75, 3.05) is 66.1 Å². The third-order valence-electron chi connectivity index (χ3n) is 6.69. The molecule has 0 fully saturated rings. The Hall–Kier alpha value is -4.00. The lowest BCUT2D eigenvalue weighted by atomic mass is 10.0. The van der Waals surface area contributed by atoms with E-state index in [1.54, 1.807) is 30.5 Å². The van der Waals surface area contributed by atoms with Gasteiger partial charge >= 0.3 is 0 Å². The Labute approximate surface area is 254 Å². The standard InChI is InChI=1S/C33H35F2N3O6/c34-32-26(20-29-31(33(32)35)27-22-36-9-8-28(27)38-29)25-6-7-30(37-21-25)44-19-18-42-15-14-40-11-10-39-12-13-41-16-17-43-23-24-4-2-1-3-5-24/h1-9,20-22,38H,10-19,23H2. The SMILES string of the molecule is Fc1c(-c2ccc(OCCOCCOCCOCCOCCOCc3ccccc3)nc2)cc2[nH]c3ccncc3c2c1F. The molecule has 44 heavy (non-hydrogen) atoms. The number of aromatic amines is 1. The number of nitrogens with zero attached hydrogens (tertiary/aromatic N) is 2. The molecule has 0 aliphatic heterocycles. The van der Waals surface area contributed by atoms with Gasteiger partial charge in [0.15, 0.2) is 11.6 Å². The van der Waals surface area contributed by atoms with Crippen LogP contribution in [-0.4, -0.2) is 81.0 Å². The van der Waals surface area contributed by atoms with Gasteiger partial charge in [-0.2, -0.15) is 0 Å². The van der Waals surface area contributed by atoms with Crippen molar-refractivity contribution in [3.05, 3.63) is 90.4 Å². The van der Waals surface area contributed by atoms with E-state index in [0.29, 0.717) is 93.9 Å². The quantitative estimate of drug-likeness (QED) is 0.119. The predicted molar refractivity (Wildman–Crippen MR) is 162 cm³/mol. The van der Waals surface area contributed by atoms with Crippen molar-refractivity contribution in [1.29, 1.82) is 0 Å².